The first kappa shape index (κ1) is 21.2. The van der Waals surface area contributed by atoms with Gasteiger partial charge in [-0.25, -0.2) is 0 Å². The number of nitrogens with zero attached hydrogens (tertiary/aromatic N) is 4. The SMILES string of the molecule is CCn1c(SCC(=O)c2cccc([N+](=O)[O-])c2)nnc1-c1cccc(NC(C)=O)c1. The molecule has 0 aliphatic carbocycles. The second-order valence-corrected chi connectivity index (χ2v) is 7.27. The van der Waals surface area contributed by atoms with E-state index in [0.717, 1.165) is 5.56 Å². The lowest BCUT2D eigenvalue weighted by atomic mass is 10.1. The van der Waals surface area contributed by atoms with Crippen molar-refractivity contribution in [3.05, 3.63) is 64.2 Å². The number of hydrogen-bond acceptors (Lipinski definition) is 7. The molecule has 1 N–H and O–H groups in total. The Kier molecular flexibility index (Phi) is 6.58. The molecule has 0 aliphatic heterocycles. The topological polar surface area (TPSA) is 120 Å². The van der Waals surface area contributed by atoms with Crippen LogP contribution in [0, 0.1) is 10.1 Å². The number of ketones is 1. The molecule has 0 saturated heterocycles. The molecule has 0 spiro atoms. The predicted molar refractivity (Wildman–Crippen MR) is 114 cm³/mol. The van der Waals surface area contributed by atoms with Crippen LogP contribution in [0.15, 0.2) is 53.7 Å². The number of thioether (sulfide) groups is 1. The summed E-state index contributed by atoms with van der Waals surface area (Å²) >= 11 is 1.22. The van der Waals surface area contributed by atoms with Crippen molar-refractivity contribution < 1.29 is 14.5 Å². The van der Waals surface area contributed by atoms with Gasteiger partial charge in [-0.05, 0) is 19.1 Å². The van der Waals surface area contributed by atoms with Crippen molar-refractivity contribution in [1.29, 1.82) is 0 Å². The highest BCUT2D eigenvalue weighted by atomic mass is 32.2. The van der Waals surface area contributed by atoms with Gasteiger partial charge in [0, 0.05) is 42.4 Å². The first-order chi connectivity index (χ1) is 14.4. The highest BCUT2D eigenvalue weighted by Crippen LogP contribution is 2.26. The van der Waals surface area contributed by atoms with Crippen molar-refractivity contribution in [3.8, 4) is 11.4 Å². The Hall–Kier alpha value is -3.53. The average molecular weight is 425 g/mol. The van der Waals surface area contributed by atoms with Crippen molar-refractivity contribution in [2.45, 2.75) is 25.5 Å². The van der Waals surface area contributed by atoms with Crippen molar-refractivity contribution in [1.82, 2.24) is 14.8 Å². The predicted octanol–water partition coefficient (Wildman–Crippen LogP) is 3.81. The van der Waals surface area contributed by atoms with Crippen LogP contribution >= 0.6 is 11.8 Å². The average Bonchev–Trinajstić information content (AvgIpc) is 3.14. The number of carbonyl (C=O) groups is 2. The van der Waals surface area contributed by atoms with Crippen LogP contribution in [0.3, 0.4) is 0 Å². The summed E-state index contributed by atoms with van der Waals surface area (Å²) in [6.07, 6.45) is 0. The highest BCUT2D eigenvalue weighted by molar-refractivity contribution is 7.99. The minimum Gasteiger partial charge on any atom is -0.326 e. The molecule has 0 radical (unpaired) electrons. The molecule has 1 amide bonds. The quantitative estimate of drug-likeness (QED) is 0.252. The molecule has 0 atom stereocenters. The smallest absolute Gasteiger partial charge is 0.270 e. The molecular weight excluding hydrogens is 406 g/mol. The van der Waals surface area contributed by atoms with E-state index in [2.05, 4.69) is 15.5 Å². The van der Waals surface area contributed by atoms with E-state index >= 15 is 0 Å². The zero-order valence-electron chi connectivity index (χ0n) is 16.4. The van der Waals surface area contributed by atoms with Gasteiger partial charge in [-0.2, -0.15) is 0 Å². The normalized spacial score (nSPS) is 10.6. The van der Waals surface area contributed by atoms with Crippen LogP contribution in [-0.4, -0.2) is 37.1 Å². The van der Waals surface area contributed by atoms with E-state index in [0.29, 0.717) is 23.2 Å². The van der Waals surface area contributed by atoms with Gasteiger partial charge in [0.15, 0.2) is 16.8 Å². The molecule has 3 rings (SSSR count). The summed E-state index contributed by atoms with van der Waals surface area (Å²) in [5.74, 6) is 0.296. The van der Waals surface area contributed by atoms with Gasteiger partial charge >= 0.3 is 0 Å². The third kappa shape index (κ3) is 4.90. The van der Waals surface area contributed by atoms with Gasteiger partial charge in [-0.1, -0.05) is 36.0 Å². The van der Waals surface area contributed by atoms with E-state index in [1.54, 1.807) is 18.2 Å². The number of carbonyl (C=O) groups excluding carboxylic acids is 2. The van der Waals surface area contributed by atoms with E-state index < -0.39 is 4.92 Å². The number of nitro benzene ring substituents is 1. The Bertz CT molecular complexity index is 1110. The molecule has 0 unspecified atom stereocenters. The van der Waals surface area contributed by atoms with E-state index in [4.69, 9.17) is 0 Å². The molecule has 0 saturated carbocycles. The van der Waals surface area contributed by atoms with E-state index in [1.807, 2.05) is 23.6 Å². The second kappa shape index (κ2) is 9.31. The summed E-state index contributed by atoms with van der Waals surface area (Å²) in [5, 5.41) is 22.6. The van der Waals surface area contributed by atoms with Crippen molar-refractivity contribution in [2.75, 3.05) is 11.1 Å². The summed E-state index contributed by atoms with van der Waals surface area (Å²) in [6, 6.07) is 12.9. The highest BCUT2D eigenvalue weighted by Gasteiger charge is 2.17. The van der Waals surface area contributed by atoms with Crippen molar-refractivity contribution in [2.24, 2.45) is 0 Å². The summed E-state index contributed by atoms with van der Waals surface area (Å²) < 4.78 is 1.87. The minimum absolute atomic E-state index is 0.0746. The number of hydrogen-bond donors (Lipinski definition) is 1. The largest absolute Gasteiger partial charge is 0.326 e. The molecule has 0 aliphatic rings. The molecule has 9 nitrogen and oxygen atoms in total. The molecule has 10 heteroatoms. The number of nitrogens with one attached hydrogen (secondary N) is 1. The van der Waals surface area contributed by atoms with Crippen LogP contribution in [0.5, 0.6) is 0 Å². The number of Topliss-reactive ketones (excluding diaryl/α,β-unsaturated/α-hetero) is 1. The molecule has 3 aromatic rings. The molecule has 2 aromatic carbocycles. The standard InChI is InChI=1S/C20H19N5O4S/c1-3-24-19(15-7-4-8-16(10-15)21-13(2)26)22-23-20(24)30-12-18(27)14-6-5-9-17(11-14)25(28)29/h4-11H,3,12H2,1-2H3,(H,21,26). The maximum absolute atomic E-state index is 12.5. The molecule has 1 heterocycles. The van der Waals surface area contributed by atoms with Crippen LogP contribution < -0.4 is 5.32 Å². The first-order valence-electron chi connectivity index (χ1n) is 9.10. The van der Waals surface area contributed by atoms with E-state index in [9.17, 15) is 19.7 Å². The minimum atomic E-state index is -0.529. The van der Waals surface area contributed by atoms with Crippen LogP contribution in [-0.2, 0) is 11.3 Å². The molecule has 30 heavy (non-hydrogen) atoms. The fraction of sp³-hybridized carbons (Fsp3) is 0.200. The zero-order valence-corrected chi connectivity index (χ0v) is 17.2. The Morgan fingerprint density at radius 2 is 1.93 bits per heavy atom. The Balaban J connectivity index is 1.78. The number of benzene rings is 2. The van der Waals surface area contributed by atoms with Crippen molar-refractivity contribution in [3.63, 3.8) is 0 Å². The van der Waals surface area contributed by atoms with Gasteiger partial charge in [0.2, 0.25) is 5.91 Å². The van der Waals surface area contributed by atoms with Gasteiger partial charge in [-0.3, -0.25) is 19.7 Å². The third-order valence-corrected chi connectivity index (χ3v) is 5.15. The van der Waals surface area contributed by atoms with E-state index in [-0.39, 0.29) is 28.7 Å². The van der Waals surface area contributed by atoms with Crippen LogP contribution in [0.4, 0.5) is 11.4 Å². The fourth-order valence-electron chi connectivity index (χ4n) is 2.84. The molecule has 0 fully saturated rings. The Labute approximate surface area is 176 Å². The van der Waals surface area contributed by atoms with Gasteiger partial charge in [0.25, 0.3) is 5.69 Å². The van der Waals surface area contributed by atoms with Gasteiger partial charge in [0.1, 0.15) is 0 Å². The van der Waals surface area contributed by atoms with Crippen LogP contribution in [0.2, 0.25) is 0 Å². The number of nitro groups is 1. The lowest BCUT2D eigenvalue weighted by molar-refractivity contribution is -0.384. The van der Waals surface area contributed by atoms with Crippen molar-refractivity contribution >= 4 is 34.8 Å². The van der Waals surface area contributed by atoms with Gasteiger partial charge in [-0.15, -0.1) is 10.2 Å². The van der Waals surface area contributed by atoms with Gasteiger partial charge in [0.05, 0.1) is 10.7 Å². The summed E-state index contributed by atoms with van der Waals surface area (Å²) in [6.45, 7) is 3.96. The number of non-ortho nitro benzene ring substituents is 1. The number of anilines is 1. The molecular formula is C20H19N5O4S. The second-order valence-electron chi connectivity index (χ2n) is 6.33. The Morgan fingerprint density at radius 1 is 1.17 bits per heavy atom. The summed E-state index contributed by atoms with van der Waals surface area (Å²) in [5.41, 5.74) is 1.60. The molecule has 1 aromatic heterocycles. The van der Waals surface area contributed by atoms with E-state index in [1.165, 1.54) is 36.9 Å². The number of rotatable bonds is 8. The maximum Gasteiger partial charge on any atom is 0.270 e. The lowest BCUT2D eigenvalue weighted by Gasteiger charge is -2.09. The lowest BCUT2D eigenvalue weighted by Crippen LogP contribution is -2.06. The summed E-state index contributed by atoms with van der Waals surface area (Å²) in [7, 11) is 0. The summed E-state index contributed by atoms with van der Waals surface area (Å²) in [4.78, 5) is 34.1. The van der Waals surface area contributed by atoms with Crippen LogP contribution in [0.1, 0.15) is 24.2 Å². The van der Waals surface area contributed by atoms with Crippen LogP contribution in [0.25, 0.3) is 11.4 Å². The molecule has 154 valence electrons. The number of aromatic nitrogens is 3. The number of amides is 1. The molecule has 0 bridgehead atoms. The third-order valence-electron chi connectivity index (χ3n) is 4.19. The monoisotopic (exact) mass is 425 g/mol. The zero-order chi connectivity index (χ0) is 21.7. The van der Waals surface area contributed by atoms with Gasteiger partial charge < -0.3 is 9.88 Å². The fourth-order valence-corrected chi connectivity index (χ4v) is 3.74. The first-order valence-corrected chi connectivity index (χ1v) is 10.1. The maximum atomic E-state index is 12.5. The Morgan fingerprint density at radius 3 is 2.63 bits per heavy atom.